The van der Waals surface area contributed by atoms with Gasteiger partial charge in [-0.25, -0.2) is 0 Å². The Kier molecular flexibility index (Phi) is 8.17. The maximum absolute atomic E-state index is 12.4. The van der Waals surface area contributed by atoms with Gasteiger partial charge in [0.25, 0.3) is 0 Å². The van der Waals surface area contributed by atoms with E-state index < -0.39 is 0 Å². The Morgan fingerprint density at radius 1 is 0.906 bits per heavy atom. The first-order valence-corrected chi connectivity index (χ1v) is 10.5. The van der Waals surface area contributed by atoms with Gasteiger partial charge in [0.2, 0.25) is 5.75 Å². The summed E-state index contributed by atoms with van der Waals surface area (Å²) < 4.78 is 16.2. The highest BCUT2D eigenvalue weighted by Crippen LogP contribution is 2.38. The molecule has 0 saturated carbocycles. The number of ether oxygens (including phenoxy) is 3. The molecule has 0 unspecified atom stereocenters. The van der Waals surface area contributed by atoms with E-state index in [2.05, 4.69) is 5.32 Å². The number of halogens is 1. The standard InChI is InChI=1S/C26H26ClNO4/c1-30-24-16-18(17-25(31-2)26(24)32-3)8-9-19-6-4-5-7-22(19)28-15-14-23(29)20-10-12-21(27)13-11-20/h4-13,16-17,28H,14-15H2,1-3H3/b9-8-. The fourth-order valence-electron chi connectivity index (χ4n) is 3.28. The molecule has 0 radical (unpaired) electrons. The number of methoxy groups -OCH3 is 3. The fourth-order valence-corrected chi connectivity index (χ4v) is 3.40. The molecule has 5 nitrogen and oxygen atoms in total. The minimum Gasteiger partial charge on any atom is -0.493 e. The number of hydrogen-bond donors (Lipinski definition) is 1. The van der Waals surface area contributed by atoms with Crippen LogP contribution in [0.15, 0.2) is 60.7 Å². The number of benzene rings is 3. The van der Waals surface area contributed by atoms with Crippen LogP contribution >= 0.6 is 11.6 Å². The molecule has 0 bridgehead atoms. The molecule has 0 atom stereocenters. The zero-order valence-electron chi connectivity index (χ0n) is 18.4. The van der Waals surface area contributed by atoms with Gasteiger partial charge in [0.1, 0.15) is 0 Å². The summed E-state index contributed by atoms with van der Waals surface area (Å²) in [6.07, 6.45) is 4.36. The van der Waals surface area contributed by atoms with Crippen molar-refractivity contribution in [3.8, 4) is 17.2 Å². The van der Waals surface area contributed by atoms with Crippen molar-refractivity contribution in [2.24, 2.45) is 0 Å². The van der Waals surface area contributed by atoms with Gasteiger partial charge in [0.15, 0.2) is 17.3 Å². The summed E-state index contributed by atoms with van der Waals surface area (Å²) in [4.78, 5) is 12.4. The lowest BCUT2D eigenvalue weighted by Crippen LogP contribution is -2.09. The molecule has 0 aromatic heterocycles. The molecule has 0 fully saturated rings. The van der Waals surface area contributed by atoms with Gasteiger partial charge in [-0.2, -0.15) is 0 Å². The van der Waals surface area contributed by atoms with E-state index in [-0.39, 0.29) is 5.78 Å². The Morgan fingerprint density at radius 2 is 1.56 bits per heavy atom. The molecule has 0 saturated heterocycles. The third kappa shape index (κ3) is 5.83. The number of rotatable bonds is 10. The van der Waals surface area contributed by atoms with Gasteiger partial charge in [-0.3, -0.25) is 4.79 Å². The zero-order valence-corrected chi connectivity index (χ0v) is 19.1. The van der Waals surface area contributed by atoms with Crippen molar-refractivity contribution in [3.63, 3.8) is 0 Å². The van der Waals surface area contributed by atoms with E-state index in [0.717, 1.165) is 16.8 Å². The predicted octanol–water partition coefficient (Wildman–Crippen LogP) is 6.22. The van der Waals surface area contributed by atoms with Crippen LogP contribution in [-0.4, -0.2) is 33.7 Å². The second-order valence-corrected chi connectivity index (χ2v) is 7.42. The highest BCUT2D eigenvalue weighted by molar-refractivity contribution is 6.30. The smallest absolute Gasteiger partial charge is 0.203 e. The molecule has 32 heavy (non-hydrogen) atoms. The van der Waals surface area contributed by atoms with Crippen molar-refractivity contribution in [1.29, 1.82) is 0 Å². The Morgan fingerprint density at radius 3 is 2.19 bits per heavy atom. The molecule has 166 valence electrons. The van der Waals surface area contributed by atoms with Crippen molar-refractivity contribution in [1.82, 2.24) is 0 Å². The number of ketones is 1. The lowest BCUT2D eigenvalue weighted by molar-refractivity contribution is 0.0986. The number of nitrogens with one attached hydrogen (secondary N) is 1. The number of Topliss-reactive ketones (excluding diaryl/α,β-unsaturated/α-hetero) is 1. The topological polar surface area (TPSA) is 56.8 Å². The van der Waals surface area contributed by atoms with Crippen molar-refractivity contribution in [3.05, 3.63) is 82.4 Å². The quantitative estimate of drug-likeness (QED) is 0.293. The van der Waals surface area contributed by atoms with Crippen LogP contribution in [0, 0.1) is 0 Å². The van der Waals surface area contributed by atoms with Crippen LogP contribution in [0.3, 0.4) is 0 Å². The van der Waals surface area contributed by atoms with E-state index in [1.54, 1.807) is 45.6 Å². The fraction of sp³-hybridized carbons (Fsp3) is 0.192. The number of para-hydroxylation sites is 1. The monoisotopic (exact) mass is 451 g/mol. The second kappa shape index (κ2) is 11.3. The van der Waals surface area contributed by atoms with Gasteiger partial charge in [0, 0.05) is 29.2 Å². The van der Waals surface area contributed by atoms with Crippen LogP contribution in [0.5, 0.6) is 17.2 Å². The van der Waals surface area contributed by atoms with E-state index >= 15 is 0 Å². The molecule has 1 N–H and O–H groups in total. The maximum Gasteiger partial charge on any atom is 0.203 e. The molecule has 3 rings (SSSR count). The molecule has 0 amide bonds. The summed E-state index contributed by atoms with van der Waals surface area (Å²) in [6, 6.07) is 18.7. The molecular weight excluding hydrogens is 426 g/mol. The first-order chi connectivity index (χ1) is 15.5. The maximum atomic E-state index is 12.4. The first kappa shape index (κ1) is 23.2. The van der Waals surface area contributed by atoms with Crippen molar-refractivity contribution in [2.45, 2.75) is 6.42 Å². The van der Waals surface area contributed by atoms with Gasteiger partial charge in [-0.1, -0.05) is 42.0 Å². The molecule has 0 aliphatic rings. The van der Waals surface area contributed by atoms with E-state index in [1.165, 1.54) is 0 Å². The summed E-state index contributed by atoms with van der Waals surface area (Å²) in [7, 11) is 4.76. The normalized spacial score (nSPS) is 10.8. The lowest BCUT2D eigenvalue weighted by atomic mass is 10.1. The van der Waals surface area contributed by atoms with Gasteiger partial charge >= 0.3 is 0 Å². The molecule has 6 heteroatoms. The highest BCUT2D eigenvalue weighted by atomic mass is 35.5. The number of hydrogen-bond acceptors (Lipinski definition) is 5. The summed E-state index contributed by atoms with van der Waals surface area (Å²) in [6.45, 7) is 0.524. The highest BCUT2D eigenvalue weighted by Gasteiger charge is 2.12. The van der Waals surface area contributed by atoms with E-state index in [9.17, 15) is 4.79 Å². The molecule has 3 aromatic carbocycles. The summed E-state index contributed by atoms with van der Waals surface area (Å²) in [5, 5.41) is 3.98. The van der Waals surface area contributed by atoms with Crippen LogP contribution in [0.2, 0.25) is 5.02 Å². The summed E-state index contributed by atoms with van der Waals surface area (Å²) >= 11 is 5.89. The average Bonchev–Trinajstić information content (AvgIpc) is 2.82. The molecule has 0 aliphatic carbocycles. The third-order valence-electron chi connectivity index (χ3n) is 4.94. The van der Waals surface area contributed by atoms with Crippen molar-refractivity contribution < 1.29 is 19.0 Å². The van der Waals surface area contributed by atoms with E-state index in [0.29, 0.717) is 40.8 Å². The van der Waals surface area contributed by atoms with E-state index in [4.69, 9.17) is 25.8 Å². The van der Waals surface area contributed by atoms with Crippen LogP contribution < -0.4 is 19.5 Å². The SMILES string of the molecule is COc1cc(/C=C\c2ccccc2NCCC(=O)c2ccc(Cl)cc2)cc(OC)c1OC. The van der Waals surface area contributed by atoms with Gasteiger partial charge in [-0.05, 0) is 53.6 Å². The van der Waals surface area contributed by atoms with Crippen LogP contribution in [-0.2, 0) is 0 Å². The van der Waals surface area contributed by atoms with E-state index in [1.807, 2.05) is 48.6 Å². The average molecular weight is 452 g/mol. The second-order valence-electron chi connectivity index (χ2n) is 6.99. The zero-order chi connectivity index (χ0) is 22.9. The van der Waals surface area contributed by atoms with Crippen LogP contribution in [0.1, 0.15) is 27.9 Å². The number of anilines is 1. The largest absolute Gasteiger partial charge is 0.493 e. The lowest BCUT2D eigenvalue weighted by Gasteiger charge is -2.13. The first-order valence-electron chi connectivity index (χ1n) is 10.2. The van der Waals surface area contributed by atoms with Gasteiger partial charge in [-0.15, -0.1) is 0 Å². The minimum atomic E-state index is 0.0691. The van der Waals surface area contributed by atoms with Gasteiger partial charge in [0.05, 0.1) is 21.3 Å². The van der Waals surface area contributed by atoms with Crippen LogP contribution in [0.25, 0.3) is 12.2 Å². The number of carbonyl (C=O) groups is 1. The Bertz CT molecular complexity index is 1070. The minimum absolute atomic E-state index is 0.0691. The molecule has 0 spiro atoms. The van der Waals surface area contributed by atoms with Crippen molar-refractivity contribution >= 4 is 35.2 Å². The van der Waals surface area contributed by atoms with Crippen molar-refractivity contribution in [2.75, 3.05) is 33.2 Å². The Hall–Kier alpha value is -3.44. The number of carbonyl (C=O) groups excluding carboxylic acids is 1. The Labute approximate surface area is 193 Å². The molecular formula is C26H26ClNO4. The van der Waals surface area contributed by atoms with Gasteiger partial charge < -0.3 is 19.5 Å². The molecule has 0 aliphatic heterocycles. The Balaban J connectivity index is 1.71. The summed E-state index contributed by atoms with van der Waals surface area (Å²) in [5.41, 5.74) is 3.51. The predicted molar refractivity (Wildman–Crippen MR) is 130 cm³/mol. The molecule has 0 heterocycles. The molecule has 3 aromatic rings. The van der Waals surface area contributed by atoms with Crippen LogP contribution in [0.4, 0.5) is 5.69 Å². The third-order valence-corrected chi connectivity index (χ3v) is 5.19. The summed E-state index contributed by atoms with van der Waals surface area (Å²) in [5.74, 6) is 1.82.